The van der Waals surface area contributed by atoms with Crippen LogP contribution in [0.5, 0.6) is 5.75 Å². The number of amides is 1. The van der Waals surface area contributed by atoms with Gasteiger partial charge in [-0.05, 0) is 55.3 Å². The van der Waals surface area contributed by atoms with Crippen molar-refractivity contribution in [2.75, 3.05) is 17.2 Å². The number of hydrogen-bond donors (Lipinski definition) is 1. The average Bonchev–Trinajstić information content (AvgIpc) is 2.65. The zero-order valence-electron chi connectivity index (χ0n) is 16.2. The van der Waals surface area contributed by atoms with Gasteiger partial charge in [0.1, 0.15) is 17.6 Å². The van der Waals surface area contributed by atoms with E-state index in [2.05, 4.69) is 5.32 Å². The summed E-state index contributed by atoms with van der Waals surface area (Å²) in [6, 6.07) is 11.4. The largest absolute Gasteiger partial charge is 0.494 e. The third-order valence-electron chi connectivity index (χ3n) is 4.09. The summed E-state index contributed by atoms with van der Waals surface area (Å²) in [5, 5.41) is 2.78. The van der Waals surface area contributed by atoms with E-state index in [1.54, 1.807) is 6.92 Å². The number of carbonyl (C=O) groups is 1. The quantitative estimate of drug-likeness (QED) is 0.692. The highest BCUT2D eigenvalue weighted by atomic mass is 32.2. The maximum absolute atomic E-state index is 13.2. The number of carbonyl (C=O) groups excluding carboxylic acids is 1. The minimum Gasteiger partial charge on any atom is -0.494 e. The van der Waals surface area contributed by atoms with Gasteiger partial charge in [0.15, 0.2) is 0 Å². The third-order valence-corrected chi connectivity index (χ3v) is 5.27. The van der Waals surface area contributed by atoms with Crippen LogP contribution in [-0.2, 0) is 21.4 Å². The second kappa shape index (κ2) is 9.54. The van der Waals surface area contributed by atoms with E-state index in [0.717, 1.165) is 28.3 Å². The number of nitrogens with zero attached hydrogens (tertiary/aromatic N) is 1. The fourth-order valence-corrected chi connectivity index (χ4v) is 4.08. The Balaban J connectivity index is 2.19. The smallest absolute Gasteiger partial charge is 0.244 e. The van der Waals surface area contributed by atoms with E-state index in [9.17, 15) is 17.6 Å². The van der Waals surface area contributed by atoms with E-state index >= 15 is 0 Å². The maximum atomic E-state index is 13.2. The predicted molar refractivity (Wildman–Crippen MR) is 107 cm³/mol. The Hall–Kier alpha value is -2.61. The first kappa shape index (κ1) is 21.7. The Labute approximate surface area is 165 Å². The van der Waals surface area contributed by atoms with Crippen LogP contribution in [-0.4, -0.2) is 33.2 Å². The fourth-order valence-electron chi connectivity index (χ4n) is 2.87. The third kappa shape index (κ3) is 5.69. The van der Waals surface area contributed by atoms with Gasteiger partial charge in [-0.25, -0.2) is 12.8 Å². The molecular weight excluding hydrogens is 383 g/mol. The van der Waals surface area contributed by atoms with Crippen molar-refractivity contribution in [3.8, 4) is 5.75 Å². The molecule has 0 bridgehead atoms. The molecule has 28 heavy (non-hydrogen) atoms. The Kier molecular flexibility index (Phi) is 7.39. The Morgan fingerprint density at radius 2 is 1.86 bits per heavy atom. The summed E-state index contributed by atoms with van der Waals surface area (Å²) in [7, 11) is -3.75. The lowest BCUT2D eigenvalue weighted by atomic mass is 10.1. The van der Waals surface area contributed by atoms with Crippen molar-refractivity contribution < 1.29 is 22.3 Å². The zero-order valence-corrected chi connectivity index (χ0v) is 17.0. The summed E-state index contributed by atoms with van der Waals surface area (Å²) < 4.78 is 44.4. The van der Waals surface area contributed by atoms with Crippen LogP contribution in [0.3, 0.4) is 0 Å². The summed E-state index contributed by atoms with van der Waals surface area (Å²) in [4.78, 5) is 12.8. The molecule has 0 saturated heterocycles. The minimum atomic E-state index is -3.75. The van der Waals surface area contributed by atoms with Gasteiger partial charge in [-0.2, -0.15) is 0 Å². The maximum Gasteiger partial charge on any atom is 0.244 e. The molecule has 1 N–H and O–H groups in total. The zero-order chi connectivity index (χ0) is 20.7. The number of ether oxygens (including phenoxy) is 1. The summed E-state index contributed by atoms with van der Waals surface area (Å²) in [6.45, 7) is 4.38. The number of halogens is 1. The molecule has 2 aromatic carbocycles. The van der Waals surface area contributed by atoms with Crippen LogP contribution in [0.4, 0.5) is 10.1 Å². The number of benzene rings is 2. The van der Waals surface area contributed by atoms with Gasteiger partial charge in [-0.15, -0.1) is 0 Å². The molecule has 2 rings (SSSR count). The van der Waals surface area contributed by atoms with Crippen molar-refractivity contribution >= 4 is 21.6 Å². The highest BCUT2D eigenvalue weighted by Crippen LogP contribution is 2.23. The molecule has 0 aliphatic heterocycles. The van der Waals surface area contributed by atoms with Gasteiger partial charge >= 0.3 is 0 Å². The van der Waals surface area contributed by atoms with E-state index in [-0.39, 0.29) is 18.7 Å². The van der Waals surface area contributed by atoms with Gasteiger partial charge in [0.2, 0.25) is 15.9 Å². The molecule has 0 spiro atoms. The van der Waals surface area contributed by atoms with Gasteiger partial charge in [0.25, 0.3) is 0 Å². The van der Waals surface area contributed by atoms with Gasteiger partial charge in [0.05, 0.1) is 18.6 Å². The summed E-state index contributed by atoms with van der Waals surface area (Å²) in [5.74, 6) is -0.215. The van der Waals surface area contributed by atoms with Crippen LogP contribution in [0.25, 0.3) is 0 Å². The molecule has 6 nitrogen and oxygen atoms in total. The van der Waals surface area contributed by atoms with Crippen molar-refractivity contribution in [3.05, 3.63) is 59.9 Å². The summed E-state index contributed by atoms with van der Waals surface area (Å²) >= 11 is 0. The normalized spacial score (nSPS) is 12.3. The molecule has 152 valence electrons. The van der Waals surface area contributed by atoms with Crippen LogP contribution in [0.2, 0.25) is 0 Å². The molecule has 0 aliphatic carbocycles. The SMILES string of the molecule is CCOc1cccc(CNC(=O)C(CC)N(c2ccc(F)cc2)S(C)(=O)=O)c1. The number of anilines is 1. The lowest BCUT2D eigenvalue weighted by Gasteiger charge is -2.30. The average molecular weight is 408 g/mol. The molecule has 0 fully saturated rings. The topological polar surface area (TPSA) is 75.7 Å². The van der Waals surface area contributed by atoms with Gasteiger partial charge in [-0.3, -0.25) is 9.10 Å². The predicted octanol–water partition coefficient (Wildman–Crippen LogP) is 3.09. The van der Waals surface area contributed by atoms with E-state index < -0.39 is 27.8 Å². The van der Waals surface area contributed by atoms with Crippen molar-refractivity contribution in [1.82, 2.24) is 5.32 Å². The van der Waals surface area contributed by atoms with E-state index in [4.69, 9.17) is 4.74 Å². The van der Waals surface area contributed by atoms with Crippen LogP contribution >= 0.6 is 0 Å². The monoisotopic (exact) mass is 408 g/mol. The number of hydrogen-bond acceptors (Lipinski definition) is 4. The highest BCUT2D eigenvalue weighted by Gasteiger charge is 2.31. The molecule has 0 saturated carbocycles. The number of rotatable bonds is 9. The molecule has 0 radical (unpaired) electrons. The van der Waals surface area contributed by atoms with Crippen molar-refractivity contribution in [3.63, 3.8) is 0 Å². The number of nitrogens with one attached hydrogen (secondary N) is 1. The van der Waals surface area contributed by atoms with Crippen molar-refractivity contribution in [2.24, 2.45) is 0 Å². The second-order valence-corrected chi connectivity index (χ2v) is 8.12. The molecule has 0 aliphatic rings. The second-order valence-electron chi connectivity index (χ2n) is 6.26. The first-order valence-electron chi connectivity index (χ1n) is 9.00. The molecule has 2 aromatic rings. The van der Waals surface area contributed by atoms with E-state index in [1.165, 1.54) is 12.1 Å². The first-order valence-corrected chi connectivity index (χ1v) is 10.9. The molecule has 8 heteroatoms. The first-order chi connectivity index (χ1) is 13.3. The highest BCUT2D eigenvalue weighted by molar-refractivity contribution is 7.92. The van der Waals surface area contributed by atoms with E-state index in [0.29, 0.717) is 12.4 Å². The van der Waals surface area contributed by atoms with Gasteiger partial charge < -0.3 is 10.1 Å². The fraction of sp³-hybridized carbons (Fsp3) is 0.350. The number of sulfonamides is 1. The van der Waals surface area contributed by atoms with Crippen LogP contribution in [0.1, 0.15) is 25.8 Å². The molecule has 1 amide bonds. The van der Waals surface area contributed by atoms with Gasteiger partial charge in [0, 0.05) is 6.54 Å². The molecule has 1 unspecified atom stereocenters. The summed E-state index contributed by atoms with van der Waals surface area (Å²) in [6.07, 6.45) is 1.28. The Bertz CT molecular complexity index is 901. The molecule has 0 heterocycles. The van der Waals surface area contributed by atoms with Crippen LogP contribution in [0.15, 0.2) is 48.5 Å². The Morgan fingerprint density at radius 1 is 1.18 bits per heavy atom. The van der Waals surface area contributed by atoms with Crippen molar-refractivity contribution in [1.29, 1.82) is 0 Å². The summed E-state index contributed by atoms with van der Waals surface area (Å²) in [5.41, 5.74) is 1.08. The molecule has 0 aromatic heterocycles. The Morgan fingerprint density at radius 3 is 2.43 bits per heavy atom. The molecular formula is C20H25FN2O4S. The lowest BCUT2D eigenvalue weighted by molar-refractivity contribution is -0.122. The minimum absolute atomic E-state index is 0.233. The van der Waals surface area contributed by atoms with Crippen molar-refractivity contribution in [2.45, 2.75) is 32.9 Å². The standard InChI is InChI=1S/C20H25FN2O4S/c1-4-19(23(28(3,25)26)17-11-9-16(21)10-12-17)20(24)22-14-15-7-6-8-18(13-15)27-5-2/h6-13,19H,4-5,14H2,1-3H3,(H,22,24). The lowest BCUT2D eigenvalue weighted by Crippen LogP contribution is -2.49. The molecule has 1 atom stereocenters. The van der Waals surface area contributed by atoms with Gasteiger partial charge in [-0.1, -0.05) is 19.1 Å². The van der Waals surface area contributed by atoms with Crippen LogP contribution in [0, 0.1) is 5.82 Å². The van der Waals surface area contributed by atoms with E-state index in [1.807, 2.05) is 31.2 Å². The van der Waals surface area contributed by atoms with Crippen LogP contribution < -0.4 is 14.4 Å².